The normalized spacial score (nSPS) is 22.6. The Balaban J connectivity index is 0.00000169. The average Bonchev–Trinajstić information content (AvgIpc) is 3.32. The Hall–Kier alpha value is -0.810. The molecule has 1 aromatic carbocycles. The molecule has 1 aliphatic carbocycles. The summed E-state index contributed by atoms with van der Waals surface area (Å²) in [7, 11) is 6.31. The maximum Gasteiger partial charge on any atom is 0.223 e. The minimum absolute atomic E-state index is 0. The number of likely N-dealkylation sites (tertiary alicyclic amines) is 1. The Morgan fingerprint density at radius 1 is 1.08 bits per heavy atom. The van der Waals surface area contributed by atoms with Crippen LogP contribution < -0.4 is 0 Å². The molecule has 26 heavy (non-hydrogen) atoms. The molecule has 0 unspecified atom stereocenters. The van der Waals surface area contributed by atoms with Crippen molar-refractivity contribution in [1.82, 2.24) is 14.7 Å². The molecule has 1 aliphatic heterocycles. The fraction of sp³-hybridized carbons (Fsp3) is 0.650. The number of carbonyl (C=O) groups excluding carboxylic acids is 1. The van der Waals surface area contributed by atoms with E-state index in [2.05, 4.69) is 36.0 Å². The molecule has 6 heteroatoms. The Morgan fingerprint density at radius 2 is 1.73 bits per heavy atom. The van der Waals surface area contributed by atoms with Gasteiger partial charge < -0.3 is 14.7 Å². The molecule has 2 aliphatic rings. The third kappa shape index (κ3) is 6.12. The topological polar surface area (TPSA) is 26.8 Å². The van der Waals surface area contributed by atoms with Gasteiger partial charge in [-0.3, -0.25) is 4.79 Å². The van der Waals surface area contributed by atoms with Crippen molar-refractivity contribution in [2.45, 2.75) is 31.8 Å². The van der Waals surface area contributed by atoms with Crippen molar-refractivity contribution in [1.29, 1.82) is 0 Å². The smallest absolute Gasteiger partial charge is 0.223 e. The molecule has 3 rings (SSSR count). The van der Waals surface area contributed by atoms with Gasteiger partial charge in [-0.05, 0) is 44.3 Å². The summed E-state index contributed by atoms with van der Waals surface area (Å²) in [5.41, 5.74) is 1.19. The summed E-state index contributed by atoms with van der Waals surface area (Å²) in [6.45, 7) is 3.88. The second-order valence-electron chi connectivity index (χ2n) is 7.78. The first kappa shape index (κ1) is 23.2. The molecule has 1 saturated heterocycles. The van der Waals surface area contributed by atoms with Gasteiger partial charge in [-0.15, -0.1) is 24.8 Å². The maximum atomic E-state index is 12.4. The SMILES string of the molecule is CN(Cc1ccccc1)C(=O)CCN1C[C@H](C2CC2)[C@@H](N(C)C)C1.Cl.Cl. The zero-order valence-electron chi connectivity index (χ0n) is 16.1. The van der Waals surface area contributed by atoms with E-state index < -0.39 is 0 Å². The van der Waals surface area contributed by atoms with Gasteiger partial charge in [0.1, 0.15) is 0 Å². The van der Waals surface area contributed by atoms with Crippen LogP contribution in [0.2, 0.25) is 0 Å². The van der Waals surface area contributed by atoms with Crippen LogP contribution >= 0.6 is 24.8 Å². The molecule has 0 aromatic heterocycles. The van der Waals surface area contributed by atoms with Crippen LogP contribution in [0.4, 0.5) is 0 Å². The minimum Gasteiger partial charge on any atom is -0.341 e. The fourth-order valence-corrected chi connectivity index (χ4v) is 4.00. The lowest BCUT2D eigenvalue weighted by Crippen LogP contribution is -2.36. The first-order valence-electron chi connectivity index (χ1n) is 9.21. The van der Waals surface area contributed by atoms with Crippen LogP contribution in [0.25, 0.3) is 0 Å². The van der Waals surface area contributed by atoms with Crippen molar-refractivity contribution in [2.24, 2.45) is 11.8 Å². The highest BCUT2D eigenvalue weighted by molar-refractivity contribution is 5.85. The molecule has 1 aromatic rings. The fourth-order valence-electron chi connectivity index (χ4n) is 4.00. The maximum absolute atomic E-state index is 12.4. The molecule has 0 bridgehead atoms. The zero-order chi connectivity index (χ0) is 17.1. The zero-order valence-corrected chi connectivity index (χ0v) is 17.8. The molecule has 1 heterocycles. The van der Waals surface area contributed by atoms with Crippen molar-refractivity contribution in [3.8, 4) is 0 Å². The van der Waals surface area contributed by atoms with Gasteiger partial charge in [0.15, 0.2) is 0 Å². The van der Waals surface area contributed by atoms with E-state index in [1.165, 1.54) is 24.9 Å². The van der Waals surface area contributed by atoms with Gasteiger partial charge in [-0.2, -0.15) is 0 Å². The van der Waals surface area contributed by atoms with E-state index >= 15 is 0 Å². The van der Waals surface area contributed by atoms with E-state index in [1.807, 2.05) is 30.1 Å². The molecular formula is C20H33Cl2N3O. The van der Waals surface area contributed by atoms with Gasteiger partial charge in [-0.25, -0.2) is 0 Å². The molecule has 0 radical (unpaired) electrons. The summed E-state index contributed by atoms with van der Waals surface area (Å²) in [5, 5.41) is 0. The van der Waals surface area contributed by atoms with Crippen molar-refractivity contribution in [3.63, 3.8) is 0 Å². The first-order chi connectivity index (χ1) is 11.5. The van der Waals surface area contributed by atoms with Crippen LogP contribution in [0.15, 0.2) is 30.3 Å². The van der Waals surface area contributed by atoms with Crippen molar-refractivity contribution in [2.75, 3.05) is 40.8 Å². The van der Waals surface area contributed by atoms with E-state index in [0.717, 1.165) is 24.9 Å². The molecule has 0 N–H and O–H groups in total. The summed E-state index contributed by atoms with van der Waals surface area (Å²) >= 11 is 0. The molecule has 148 valence electrons. The quantitative estimate of drug-likeness (QED) is 0.701. The predicted octanol–water partition coefficient (Wildman–Crippen LogP) is 3.15. The third-order valence-corrected chi connectivity index (χ3v) is 5.63. The lowest BCUT2D eigenvalue weighted by Gasteiger charge is -2.25. The van der Waals surface area contributed by atoms with Crippen LogP contribution in [-0.4, -0.2) is 67.4 Å². The summed E-state index contributed by atoms with van der Waals surface area (Å²) in [6.07, 6.45) is 3.43. The number of likely N-dealkylation sites (N-methyl/N-ethyl adjacent to an activating group) is 1. The van der Waals surface area contributed by atoms with Crippen LogP contribution in [0.3, 0.4) is 0 Å². The number of amides is 1. The van der Waals surface area contributed by atoms with Crippen LogP contribution in [0.5, 0.6) is 0 Å². The van der Waals surface area contributed by atoms with E-state index in [1.54, 1.807) is 0 Å². The lowest BCUT2D eigenvalue weighted by molar-refractivity contribution is -0.130. The number of carbonyl (C=O) groups is 1. The van der Waals surface area contributed by atoms with Gasteiger partial charge in [0.25, 0.3) is 0 Å². The van der Waals surface area contributed by atoms with Gasteiger partial charge in [0.2, 0.25) is 5.91 Å². The number of hydrogen-bond donors (Lipinski definition) is 0. The Morgan fingerprint density at radius 3 is 2.31 bits per heavy atom. The largest absolute Gasteiger partial charge is 0.341 e. The number of nitrogens with zero attached hydrogens (tertiary/aromatic N) is 3. The Bertz CT molecular complexity index is 541. The third-order valence-electron chi connectivity index (χ3n) is 5.63. The Kier molecular flexibility index (Phi) is 9.39. The predicted molar refractivity (Wildman–Crippen MR) is 112 cm³/mol. The van der Waals surface area contributed by atoms with E-state index in [0.29, 0.717) is 19.0 Å². The van der Waals surface area contributed by atoms with Crippen molar-refractivity contribution >= 4 is 30.7 Å². The first-order valence-corrected chi connectivity index (χ1v) is 9.21. The summed E-state index contributed by atoms with van der Waals surface area (Å²) in [6, 6.07) is 10.9. The van der Waals surface area contributed by atoms with Crippen molar-refractivity contribution < 1.29 is 4.79 Å². The monoisotopic (exact) mass is 401 g/mol. The molecule has 2 atom stereocenters. The van der Waals surface area contributed by atoms with E-state index in [4.69, 9.17) is 0 Å². The number of benzene rings is 1. The van der Waals surface area contributed by atoms with Gasteiger partial charge >= 0.3 is 0 Å². The lowest BCUT2D eigenvalue weighted by atomic mass is 9.97. The standard InChI is InChI=1S/C20H31N3O.2ClH/c1-21(2)19-15-23(14-18(19)17-9-10-17)12-11-20(24)22(3)13-16-7-5-4-6-8-16;;/h4-8,17-19H,9-15H2,1-3H3;2*1H/t18-,19+;;/m1../s1. The highest BCUT2D eigenvalue weighted by atomic mass is 35.5. The Labute approximate surface area is 170 Å². The number of halogens is 2. The highest BCUT2D eigenvalue weighted by Gasteiger charge is 2.43. The molecular weight excluding hydrogens is 369 g/mol. The van der Waals surface area contributed by atoms with Crippen LogP contribution in [0.1, 0.15) is 24.8 Å². The molecule has 0 spiro atoms. The van der Waals surface area contributed by atoms with Gasteiger partial charge in [0.05, 0.1) is 0 Å². The number of rotatable bonds is 7. The molecule has 1 saturated carbocycles. The number of hydrogen-bond acceptors (Lipinski definition) is 3. The van der Waals surface area contributed by atoms with Crippen LogP contribution in [-0.2, 0) is 11.3 Å². The summed E-state index contributed by atoms with van der Waals surface area (Å²) in [4.78, 5) is 19.2. The minimum atomic E-state index is 0. The van der Waals surface area contributed by atoms with Gasteiger partial charge in [-0.1, -0.05) is 30.3 Å². The summed E-state index contributed by atoms with van der Waals surface area (Å²) < 4.78 is 0. The van der Waals surface area contributed by atoms with E-state index in [9.17, 15) is 4.79 Å². The second kappa shape index (κ2) is 10.5. The average molecular weight is 402 g/mol. The van der Waals surface area contributed by atoms with Crippen LogP contribution in [0, 0.1) is 11.8 Å². The molecule has 2 fully saturated rings. The van der Waals surface area contributed by atoms with Gasteiger partial charge in [0, 0.05) is 45.7 Å². The van der Waals surface area contributed by atoms with E-state index in [-0.39, 0.29) is 30.7 Å². The second-order valence-corrected chi connectivity index (χ2v) is 7.78. The highest BCUT2D eigenvalue weighted by Crippen LogP contribution is 2.42. The van der Waals surface area contributed by atoms with Crippen molar-refractivity contribution in [3.05, 3.63) is 35.9 Å². The molecule has 1 amide bonds. The summed E-state index contributed by atoms with van der Waals surface area (Å²) in [5.74, 6) is 1.98. The molecule has 4 nitrogen and oxygen atoms in total.